The van der Waals surface area contributed by atoms with Crippen LogP contribution in [-0.2, 0) is 13.1 Å². The Balaban J connectivity index is 1.52. The molecule has 0 saturated heterocycles. The number of nitrogens with one attached hydrogen (secondary N) is 1. The van der Waals surface area contributed by atoms with E-state index in [1.165, 1.54) is 16.3 Å². The van der Waals surface area contributed by atoms with Crippen molar-refractivity contribution in [1.29, 1.82) is 0 Å². The molecule has 4 rings (SSSR count). The number of benzene rings is 2. The van der Waals surface area contributed by atoms with Gasteiger partial charge in [-0.1, -0.05) is 30.0 Å². The second-order valence-electron chi connectivity index (χ2n) is 7.88. The van der Waals surface area contributed by atoms with Crippen LogP contribution < -0.4 is 10.9 Å². The highest BCUT2D eigenvalue weighted by atomic mass is 19.1. The van der Waals surface area contributed by atoms with Gasteiger partial charge in [0, 0.05) is 30.2 Å². The Bertz CT molecular complexity index is 1420. The van der Waals surface area contributed by atoms with Crippen LogP contribution in [0.25, 0.3) is 10.9 Å². The van der Waals surface area contributed by atoms with Gasteiger partial charge in [-0.2, -0.15) is 0 Å². The van der Waals surface area contributed by atoms with E-state index in [0.717, 1.165) is 12.2 Å². The fourth-order valence-corrected chi connectivity index (χ4v) is 3.35. The van der Waals surface area contributed by atoms with E-state index in [-0.39, 0.29) is 23.1 Å². The standard InChI is InChI=1S/C26H23FN5O/c1-18-6-4-14-32(25(18)33)15-5-7-20-10-13-23-22(24(20)27)16-28-26(30-23)29-21-11-8-19(9-12-21)17-31(2)3/h4,6,8-14,16H,1,15,17H2,2-3H3,(H,28,29,30). The number of anilines is 2. The molecule has 0 atom stereocenters. The van der Waals surface area contributed by atoms with Gasteiger partial charge in [-0.3, -0.25) is 4.79 Å². The average molecular weight is 441 g/mol. The summed E-state index contributed by atoms with van der Waals surface area (Å²) in [7, 11) is 4.04. The van der Waals surface area contributed by atoms with Crippen LogP contribution >= 0.6 is 0 Å². The smallest absolute Gasteiger partial charge is 0.254 e. The number of nitrogens with zero attached hydrogens (tertiary/aromatic N) is 4. The van der Waals surface area contributed by atoms with Gasteiger partial charge in [0.1, 0.15) is 5.82 Å². The molecule has 0 aliphatic heterocycles. The summed E-state index contributed by atoms with van der Waals surface area (Å²) in [4.78, 5) is 22.8. The Morgan fingerprint density at radius 1 is 1.15 bits per heavy atom. The molecule has 6 nitrogen and oxygen atoms in total. The van der Waals surface area contributed by atoms with Crippen molar-refractivity contribution in [3.8, 4) is 11.8 Å². The van der Waals surface area contributed by atoms with E-state index in [1.807, 2.05) is 38.4 Å². The quantitative estimate of drug-likeness (QED) is 0.476. The third kappa shape index (κ3) is 5.25. The lowest BCUT2D eigenvalue weighted by Crippen LogP contribution is -2.20. The summed E-state index contributed by atoms with van der Waals surface area (Å²) in [5.74, 6) is 5.53. The Kier molecular flexibility index (Phi) is 6.48. The number of fused-ring (bicyclic) bond motifs is 1. The highest BCUT2D eigenvalue weighted by molar-refractivity contribution is 5.81. The molecule has 0 unspecified atom stereocenters. The van der Waals surface area contributed by atoms with Crippen molar-refractivity contribution in [2.75, 3.05) is 19.4 Å². The number of halogens is 1. The number of rotatable bonds is 5. The summed E-state index contributed by atoms with van der Waals surface area (Å²) in [6.45, 7) is 4.68. The first-order valence-corrected chi connectivity index (χ1v) is 10.4. The second kappa shape index (κ2) is 9.63. The first kappa shape index (κ1) is 22.2. The molecule has 1 radical (unpaired) electrons. The van der Waals surface area contributed by atoms with Crippen molar-refractivity contribution < 1.29 is 4.39 Å². The number of hydrogen-bond donors (Lipinski definition) is 1. The minimum absolute atomic E-state index is 0.145. The molecule has 0 aliphatic carbocycles. The fraction of sp³-hybridized carbons (Fsp3) is 0.154. The molecule has 0 saturated carbocycles. The third-order valence-corrected chi connectivity index (χ3v) is 4.98. The monoisotopic (exact) mass is 440 g/mol. The van der Waals surface area contributed by atoms with Crippen molar-refractivity contribution in [2.45, 2.75) is 13.1 Å². The van der Waals surface area contributed by atoms with E-state index in [2.05, 4.69) is 38.9 Å². The Morgan fingerprint density at radius 3 is 2.70 bits per heavy atom. The maximum Gasteiger partial charge on any atom is 0.254 e. The van der Waals surface area contributed by atoms with Crippen LogP contribution in [0.15, 0.2) is 65.7 Å². The van der Waals surface area contributed by atoms with Gasteiger partial charge in [0.25, 0.3) is 5.56 Å². The van der Waals surface area contributed by atoms with Gasteiger partial charge in [-0.25, -0.2) is 14.4 Å². The molecule has 2 aromatic heterocycles. The van der Waals surface area contributed by atoms with E-state index >= 15 is 0 Å². The predicted molar refractivity (Wildman–Crippen MR) is 129 cm³/mol. The largest absolute Gasteiger partial charge is 0.324 e. The van der Waals surface area contributed by atoms with Gasteiger partial charge in [0.15, 0.2) is 0 Å². The van der Waals surface area contributed by atoms with Crippen LogP contribution in [0.4, 0.5) is 16.0 Å². The van der Waals surface area contributed by atoms with E-state index in [0.29, 0.717) is 17.0 Å². The molecule has 0 spiro atoms. The van der Waals surface area contributed by atoms with Crippen LogP contribution in [0, 0.1) is 24.6 Å². The van der Waals surface area contributed by atoms with Crippen molar-refractivity contribution in [1.82, 2.24) is 19.4 Å². The summed E-state index contributed by atoms with van der Waals surface area (Å²) in [6.07, 6.45) is 3.07. The molecule has 33 heavy (non-hydrogen) atoms. The lowest BCUT2D eigenvalue weighted by atomic mass is 10.1. The molecular weight excluding hydrogens is 417 g/mol. The Hall–Kier alpha value is -4.02. The van der Waals surface area contributed by atoms with Crippen molar-refractivity contribution in [2.24, 2.45) is 0 Å². The van der Waals surface area contributed by atoms with Crippen LogP contribution in [0.3, 0.4) is 0 Å². The van der Waals surface area contributed by atoms with E-state index in [9.17, 15) is 9.18 Å². The zero-order valence-corrected chi connectivity index (χ0v) is 18.5. The number of aromatic nitrogens is 3. The first-order chi connectivity index (χ1) is 15.9. The zero-order valence-electron chi connectivity index (χ0n) is 18.5. The molecule has 2 heterocycles. The maximum absolute atomic E-state index is 15.0. The molecule has 1 N–H and O–H groups in total. The average Bonchev–Trinajstić information content (AvgIpc) is 2.79. The normalized spacial score (nSPS) is 10.8. The van der Waals surface area contributed by atoms with E-state index < -0.39 is 5.82 Å². The topological polar surface area (TPSA) is 63.1 Å². The van der Waals surface area contributed by atoms with Crippen LogP contribution in [0.2, 0.25) is 0 Å². The lowest BCUT2D eigenvalue weighted by Gasteiger charge is -2.11. The van der Waals surface area contributed by atoms with Gasteiger partial charge >= 0.3 is 0 Å². The Morgan fingerprint density at radius 2 is 1.94 bits per heavy atom. The van der Waals surface area contributed by atoms with Crippen molar-refractivity contribution in [3.63, 3.8) is 0 Å². The minimum Gasteiger partial charge on any atom is -0.324 e. The minimum atomic E-state index is -0.488. The first-order valence-electron chi connectivity index (χ1n) is 10.4. The molecule has 0 amide bonds. The van der Waals surface area contributed by atoms with E-state index in [4.69, 9.17) is 0 Å². The highest BCUT2D eigenvalue weighted by Crippen LogP contribution is 2.21. The molecule has 0 aliphatic rings. The molecule has 7 heteroatoms. The zero-order chi connectivity index (χ0) is 23.4. The summed E-state index contributed by atoms with van der Waals surface area (Å²) < 4.78 is 16.4. The second-order valence-corrected chi connectivity index (χ2v) is 7.88. The van der Waals surface area contributed by atoms with Crippen LogP contribution in [0.1, 0.15) is 16.7 Å². The summed E-state index contributed by atoms with van der Waals surface area (Å²) in [5.41, 5.74) is 2.92. The van der Waals surface area contributed by atoms with Gasteiger partial charge in [-0.05, 0) is 56.9 Å². The van der Waals surface area contributed by atoms with Gasteiger partial charge in [0.05, 0.1) is 23.0 Å². The summed E-state index contributed by atoms with van der Waals surface area (Å²) in [6, 6.07) is 14.6. The summed E-state index contributed by atoms with van der Waals surface area (Å²) in [5, 5.41) is 3.43. The molecule has 165 valence electrons. The van der Waals surface area contributed by atoms with Crippen molar-refractivity contribution in [3.05, 3.63) is 101 Å². The molecule has 0 bridgehead atoms. The molecular formula is C26H23FN5O. The van der Waals surface area contributed by atoms with Gasteiger partial charge in [-0.15, -0.1) is 0 Å². The Labute approximate surface area is 191 Å². The van der Waals surface area contributed by atoms with E-state index in [1.54, 1.807) is 30.5 Å². The molecule has 2 aromatic carbocycles. The third-order valence-electron chi connectivity index (χ3n) is 4.98. The number of pyridine rings is 1. The van der Waals surface area contributed by atoms with Gasteiger partial charge < -0.3 is 14.8 Å². The summed E-state index contributed by atoms with van der Waals surface area (Å²) >= 11 is 0. The fourth-order valence-electron chi connectivity index (χ4n) is 3.35. The highest BCUT2D eigenvalue weighted by Gasteiger charge is 2.09. The maximum atomic E-state index is 15.0. The van der Waals surface area contributed by atoms with Crippen LogP contribution in [-0.4, -0.2) is 33.5 Å². The lowest BCUT2D eigenvalue weighted by molar-refractivity contribution is 0.402. The molecule has 4 aromatic rings. The number of hydrogen-bond acceptors (Lipinski definition) is 5. The SMILES string of the molecule is [CH2]c1cccn(CC#Cc2ccc3nc(Nc4ccc(CN(C)C)cc4)ncc3c2F)c1=O. The predicted octanol–water partition coefficient (Wildman–Crippen LogP) is 3.97. The van der Waals surface area contributed by atoms with Gasteiger partial charge in [0.2, 0.25) is 5.95 Å². The van der Waals surface area contributed by atoms with Crippen LogP contribution in [0.5, 0.6) is 0 Å². The van der Waals surface area contributed by atoms with Crippen molar-refractivity contribution >= 4 is 22.5 Å². The molecule has 0 fully saturated rings.